The maximum Gasteiger partial charge on any atom is 0.305 e. The van der Waals surface area contributed by atoms with Crippen molar-refractivity contribution in [3.8, 4) is 0 Å². The van der Waals surface area contributed by atoms with E-state index < -0.39 is 5.97 Å². The highest BCUT2D eigenvalue weighted by molar-refractivity contribution is 9.09. The highest BCUT2D eigenvalue weighted by Crippen LogP contribution is 2.01. The van der Waals surface area contributed by atoms with E-state index >= 15 is 0 Å². The van der Waals surface area contributed by atoms with Gasteiger partial charge in [-0.1, -0.05) is 15.9 Å². The summed E-state index contributed by atoms with van der Waals surface area (Å²) < 4.78 is 26.1. The third-order valence-electron chi connectivity index (χ3n) is 2.85. The second-order valence-electron chi connectivity index (χ2n) is 4.96. The first-order valence-electron chi connectivity index (χ1n) is 8.41. The van der Waals surface area contributed by atoms with Gasteiger partial charge in [0.1, 0.15) is 6.61 Å². The molecule has 0 rings (SSSR count). The van der Waals surface area contributed by atoms with Crippen molar-refractivity contribution in [2.75, 3.05) is 64.8 Å². The lowest BCUT2D eigenvalue weighted by atomic mass is 10.2. The van der Waals surface area contributed by atoms with Crippen molar-refractivity contribution in [1.29, 1.82) is 0 Å². The van der Waals surface area contributed by atoms with Crippen LogP contribution in [0.25, 0.3) is 0 Å². The first-order valence-corrected chi connectivity index (χ1v) is 9.53. The molecular weight excluding hydrogens is 400 g/mol. The molecule has 0 atom stereocenters. The van der Waals surface area contributed by atoms with E-state index in [9.17, 15) is 9.59 Å². The summed E-state index contributed by atoms with van der Waals surface area (Å²) in [5.74, 6) is -1.18. The molecule has 0 amide bonds. The number of rotatable bonds is 19. The van der Waals surface area contributed by atoms with Crippen LogP contribution in [0.3, 0.4) is 0 Å². The summed E-state index contributed by atoms with van der Waals surface area (Å²) >= 11 is 3.27. The predicted octanol–water partition coefficient (Wildman–Crippen LogP) is 1.64. The molecule has 1 N–H and O–H groups in total. The molecule has 0 radical (unpaired) electrons. The molecule has 0 aromatic rings. The zero-order valence-electron chi connectivity index (χ0n) is 14.6. The van der Waals surface area contributed by atoms with Crippen LogP contribution in [0.1, 0.15) is 25.7 Å². The summed E-state index contributed by atoms with van der Waals surface area (Å²) in [5.41, 5.74) is 0. The normalized spacial score (nSPS) is 10.8. The minimum absolute atomic E-state index is 0.0757. The molecule has 9 heteroatoms. The number of hydrogen-bond donors (Lipinski definition) is 1. The molecule has 0 spiro atoms. The number of halogens is 1. The number of carbonyl (C=O) groups is 2. The Labute approximate surface area is 157 Å². The minimum atomic E-state index is -0.852. The van der Waals surface area contributed by atoms with Crippen LogP contribution in [-0.2, 0) is 33.3 Å². The lowest BCUT2D eigenvalue weighted by Crippen LogP contribution is -2.14. The molecular formula is C16H29BrO8. The third-order valence-corrected chi connectivity index (χ3v) is 3.17. The molecule has 0 fully saturated rings. The van der Waals surface area contributed by atoms with Crippen LogP contribution < -0.4 is 0 Å². The summed E-state index contributed by atoms with van der Waals surface area (Å²) in [5, 5.41) is 9.29. The molecule has 25 heavy (non-hydrogen) atoms. The number of aliphatic carboxylic acids is 1. The van der Waals surface area contributed by atoms with Crippen LogP contribution >= 0.6 is 15.9 Å². The largest absolute Gasteiger partial charge is 0.481 e. The molecule has 0 aliphatic rings. The Morgan fingerprint density at radius 3 is 1.60 bits per heavy atom. The number of alkyl halides is 1. The highest BCUT2D eigenvalue weighted by Gasteiger charge is 2.04. The van der Waals surface area contributed by atoms with E-state index in [1.54, 1.807) is 0 Å². The van der Waals surface area contributed by atoms with Crippen molar-refractivity contribution in [1.82, 2.24) is 0 Å². The van der Waals surface area contributed by atoms with E-state index in [1.807, 2.05) is 0 Å². The highest BCUT2D eigenvalue weighted by atomic mass is 79.9. The van der Waals surface area contributed by atoms with Crippen molar-refractivity contribution >= 4 is 27.9 Å². The van der Waals surface area contributed by atoms with E-state index in [2.05, 4.69) is 15.9 Å². The number of carboxylic acids is 1. The van der Waals surface area contributed by atoms with E-state index in [0.717, 1.165) is 5.33 Å². The van der Waals surface area contributed by atoms with E-state index in [-0.39, 0.29) is 25.4 Å². The van der Waals surface area contributed by atoms with Crippen molar-refractivity contribution in [3.05, 3.63) is 0 Å². The van der Waals surface area contributed by atoms with Crippen LogP contribution in [-0.4, -0.2) is 81.8 Å². The molecule has 0 saturated carbocycles. The van der Waals surface area contributed by atoms with Gasteiger partial charge in [-0.2, -0.15) is 0 Å². The summed E-state index contributed by atoms with van der Waals surface area (Å²) in [6.07, 6.45) is 1.31. The fourth-order valence-electron chi connectivity index (χ4n) is 1.65. The molecule has 0 aromatic heterocycles. The maximum absolute atomic E-state index is 11.3. The average Bonchev–Trinajstić information content (AvgIpc) is 2.59. The Kier molecular flexibility index (Phi) is 19.0. The van der Waals surface area contributed by atoms with Crippen LogP contribution in [0.5, 0.6) is 0 Å². The molecule has 0 heterocycles. The monoisotopic (exact) mass is 428 g/mol. The SMILES string of the molecule is O=C(O)CCCCC(=O)OCCOCCOCCOCCOCCBr. The van der Waals surface area contributed by atoms with E-state index in [0.29, 0.717) is 65.7 Å². The second kappa shape index (κ2) is 19.6. The fraction of sp³-hybridized carbons (Fsp3) is 0.875. The molecule has 0 aliphatic carbocycles. The number of unbranched alkanes of at least 4 members (excludes halogenated alkanes) is 1. The van der Waals surface area contributed by atoms with Crippen molar-refractivity contribution in [3.63, 3.8) is 0 Å². The van der Waals surface area contributed by atoms with Gasteiger partial charge in [-0.05, 0) is 12.8 Å². The number of hydrogen-bond acceptors (Lipinski definition) is 7. The molecule has 0 bridgehead atoms. The predicted molar refractivity (Wildman–Crippen MR) is 94.1 cm³/mol. The third kappa shape index (κ3) is 21.2. The summed E-state index contributed by atoms with van der Waals surface area (Å²) in [6, 6.07) is 0. The summed E-state index contributed by atoms with van der Waals surface area (Å²) in [6.45, 7) is 4.18. The number of carbonyl (C=O) groups excluding carboxylic acids is 1. The zero-order valence-corrected chi connectivity index (χ0v) is 16.2. The van der Waals surface area contributed by atoms with Gasteiger partial charge in [-0.15, -0.1) is 0 Å². The van der Waals surface area contributed by atoms with E-state index in [4.69, 9.17) is 28.8 Å². The standard InChI is InChI=1S/C16H29BrO8/c17-5-6-21-7-8-22-9-10-23-11-12-24-13-14-25-16(20)4-2-1-3-15(18)19/h1-14H2,(H,18,19). The van der Waals surface area contributed by atoms with Crippen LogP contribution in [0.4, 0.5) is 0 Å². The number of carboxylic acid groups (broad SMARTS) is 1. The van der Waals surface area contributed by atoms with Crippen LogP contribution in [0.2, 0.25) is 0 Å². The second-order valence-corrected chi connectivity index (χ2v) is 5.75. The minimum Gasteiger partial charge on any atom is -0.481 e. The Morgan fingerprint density at radius 1 is 0.680 bits per heavy atom. The first-order chi connectivity index (χ1) is 12.2. The molecule has 0 unspecified atom stereocenters. The average molecular weight is 429 g/mol. The van der Waals surface area contributed by atoms with Gasteiger partial charge < -0.3 is 28.8 Å². The molecule has 8 nitrogen and oxygen atoms in total. The Bertz CT molecular complexity index is 327. The van der Waals surface area contributed by atoms with Crippen molar-refractivity contribution < 1.29 is 38.4 Å². The van der Waals surface area contributed by atoms with Gasteiger partial charge in [0.15, 0.2) is 0 Å². The number of ether oxygens (including phenoxy) is 5. The van der Waals surface area contributed by atoms with Gasteiger partial charge in [0.25, 0.3) is 0 Å². The zero-order chi connectivity index (χ0) is 18.6. The van der Waals surface area contributed by atoms with Crippen molar-refractivity contribution in [2.45, 2.75) is 25.7 Å². The Balaban J connectivity index is 3.13. The Morgan fingerprint density at radius 2 is 1.12 bits per heavy atom. The fourth-order valence-corrected chi connectivity index (χ4v) is 1.88. The van der Waals surface area contributed by atoms with E-state index in [1.165, 1.54) is 0 Å². The topological polar surface area (TPSA) is 101 Å². The molecule has 0 aromatic carbocycles. The van der Waals surface area contributed by atoms with Gasteiger partial charge in [0.05, 0.1) is 52.9 Å². The molecule has 0 saturated heterocycles. The lowest BCUT2D eigenvalue weighted by Gasteiger charge is -2.07. The molecule has 0 aliphatic heterocycles. The van der Waals surface area contributed by atoms with Gasteiger partial charge in [-0.25, -0.2) is 0 Å². The van der Waals surface area contributed by atoms with Crippen molar-refractivity contribution in [2.24, 2.45) is 0 Å². The Hall–Kier alpha value is -0.740. The van der Waals surface area contributed by atoms with Crippen LogP contribution in [0.15, 0.2) is 0 Å². The van der Waals surface area contributed by atoms with Crippen LogP contribution in [0, 0.1) is 0 Å². The van der Waals surface area contributed by atoms with Gasteiger partial charge in [0, 0.05) is 18.2 Å². The lowest BCUT2D eigenvalue weighted by molar-refractivity contribution is -0.146. The summed E-state index contributed by atoms with van der Waals surface area (Å²) in [7, 11) is 0. The first kappa shape index (κ1) is 24.3. The molecule has 148 valence electrons. The van der Waals surface area contributed by atoms with Gasteiger partial charge in [-0.3, -0.25) is 9.59 Å². The maximum atomic E-state index is 11.3. The number of esters is 1. The quantitative estimate of drug-likeness (QED) is 0.188. The van der Waals surface area contributed by atoms with Gasteiger partial charge in [0.2, 0.25) is 0 Å². The summed E-state index contributed by atoms with van der Waals surface area (Å²) in [4.78, 5) is 21.6. The smallest absolute Gasteiger partial charge is 0.305 e. The van der Waals surface area contributed by atoms with Gasteiger partial charge >= 0.3 is 11.9 Å².